The first-order chi connectivity index (χ1) is 11.5. The minimum Gasteiger partial charge on any atom is -0.454 e. The van der Waals surface area contributed by atoms with Gasteiger partial charge in [-0.15, -0.1) is 0 Å². The molecule has 0 aliphatic heterocycles. The normalized spacial score (nSPS) is 15.0. The largest absolute Gasteiger partial charge is 0.454 e. The second-order valence-electron chi connectivity index (χ2n) is 6.87. The number of fused-ring (bicyclic) bond motifs is 7. The zero-order valence-electron chi connectivity index (χ0n) is 13.3. The molecule has 1 aromatic heterocycles. The van der Waals surface area contributed by atoms with Gasteiger partial charge in [0.1, 0.15) is 11.2 Å². The average molecular weight is 489 g/mol. The smallest absolute Gasteiger partial charge is 0.148 e. The number of para-hydroxylation sites is 1. The molecule has 0 fully saturated rings. The molecule has 3 heteroatoms. The number of halogens is 2. The zero-order valence-corrected chi connectivity index (χ0v) is 17.0. The molecule has 0 saturated heterocycles. The van der Waals surface area contributed by atoms with Crippen LogP contribution >= 0.6 is 38.5 Å². The third-order valence-corrected chi connectivity index (χ3v) is 6.69. The standard InChI is InChI=1S/C21H14BrIO/c1-21(2)13-8-4-3-6-11(13)17-14(21)10-15(22)18-12-7-5-9-16(23)19(12)24-20(17)18/h3-10H,1-2H3. The van der Waals surface area contributed by atoms with Gasteiger partial charge in [-0.2, -0.15) is 0 Å². The van der Waals surface area contributed by atoms with E-state index in [4.69, 9.17) is 4.42 Å². The minimum atomic E-state index is -0.0191. The summed E-state index contributed by atoms with van der Waals surface area (Å²) in [7, 11) is 0. The third kappa shape index (κ3) is 1.75. The molecule has 0 saturated carbocycles. The maximum Gasteiger partial charge on any atom is 0.148 e. The SMILES string of the molecule is CC1(C)c2ccccc2-c2c1cc(Br)c1c2oc2c(I)cccc21. The Balaban J connectivity index is 2.05. The average Bonchev–Trinajstić information content (AvgIpc) is 3.05. The number of rotatable bonds is 0. The van der Waals surface area contributed by atoms with Crippen molar-refractivity contribution in [2.24, 2.45) is 0 Å². The van der Waals surface area contributed by atoms with Crippen LogP contribution in [0.15, 0.2) is 57.4 Å². The first-order valence-electron chi connectivity index (χ1n) is 7.93. The highest BCUT2D eigenvalue weighted by atomic mass is 127. The lowest BCUT2D eigenvalue weighted by Crippen LogP contribution is -2.14. The van der Waals surface area contributed by atoms with Gasteiger partial charge in [0.2, 0.25) is 0 Å². The van der Waals surface area contributed by atoms with E-state index >= 15 is 0 Å². The Morgan fingerprint density at radius 3 is 2.58 bits per heavy atom. The fourth-order valence-corrected chi connectivity index (χ4v) is 5.27. The zero-order chi connectivity index (χ0) is 16.6. The van der Waals surface area contributed by atoms with Gasteiger partial charge in [0.15, 0.2) is 0 Å². The van der Waals surface area contributed by atoms with E-state index < -0.39 is 0 Å². The summed E-state index contributed by atoms with van der Waals surface area (Å²) >= 11 is 6.16. The first-order valence-corrected chi connectivity index (χ1v) is 9.81. The van der Waals surface area contributed by atoms with Gasteiger partial charge >= 0.3 is 0 Å². The molecule has 5 rings (SSSR count). The maximum atomic E-state index is 6.42. The van der Waals surface area contributed by atoms with E-state index in [0.29, 0.717) is 0 Å². The molecule has 1 aliphatic carbocycles. The van der Waals surface area contributed by atoms with Crippen LogP contribution in [-0.2, 0) is 5.41 Å². The van der Waals surface area contributed by atoms with Crippen molar-refractivity contribution in [3.63, 3.8) is 0 Å². The Morgan fingerprint density at radius 1 is 0.958 bits per heavy atom. The van der Waals surface area contributed by atoms with Gasteiger partial charge in [-0.1, -0.05) is 66.2 Å². The summed E-state index contributed by atoms with van der Waals surface area (Å²) < 4.78 is 8.67. The molecule has 1 nitrogen and oxygen atoms in total. The highest BCUT2D eigenvalue weighted by Crippen LogP contribution is 2.54. The molecular formula is C21H14BrIO. The molecule has 3 aromatic carbocycles. The van der Waals surface area contributed by atoms with Crippen LogP contribution in [-0.4, -0.2) is 0 Å². The number of hydrogen-bond donors (Lipinski definition) is 0. The predicted octanol–water partition coefficient (Wildman–Crippen LogP) is 7.26. The molecule has 118 valence electrons. The molecule has 0 amide bonds. The van der Waals surface area contributed by atoms with E-state index in [9.17, 15) is 0 Å². The number of hydrogen-bond acceptors (Lipinski definition) is 1. The summed E-state index contributed by atoms with van der Waals surface area (Å²) in [6, 6.07) is 17.3. The fraction of sp³-hybridized carbons (Fsp3) is 0.143. The van der Waals surface area contributed by atoms with Crippen LogP contribution in [0.1, 0.15) is 25.0 Å². The Labute approximate surface area is 162 Å². The minimum absolute atomic E-state index is 0.0191. The van der Waals surface area contributed by atoms with Gasteiger partial charge in [-0.05, 0) is 51.4 Å². The van der Waals surface area contributed by atoms with Crippen LogP contribution in [0.2, 0.25) is 0 Å². The van der Waals surface area contributed by atoms with E-state index in [1.54, 1.807) is 0 Å². The van der Waals surface area contributed by atoms with Crippen LogP contribution < -0.4 is 0 Å². The Kier molecular flexibility index (Phi) is 3.03. The summed E-state index contributed by atoms with van der Waals surface area (Å²) in [5, 5.41) is 2.35. The molecule has 0 atom stereocenters. The van der Waals surface area contributed by atoms with Crippen LogP contribution in [0, 0.1) is 3.57 Å². The summed E-state index contributed by atoms with van der Waals surface area (Å²) in [4.78, 5) is 0. The van der Waals surface area contributed by atoms with E-state index in [2.05, 4.69) is 101 Å². The van der Waals surface area contributed by atoms with Crippen molar-refractivity contribution in [3.8, 4) is 11.1 Å². The van der Waals surface area contributed by atoms with Crippen molar-refractivity contribution < 1.29 is 4.42 Å². The van der Waals surface area contributed by atoms with Crippen molar-refractivity contribution >= 4 is 60.5 Å². The molecule has 1 heterocycles. The van der Waals surface area contributed by atoms with Crippen molar-refractivity contribution in [3.05, 3.63) is 67.7 Å². The quantitative estimate of drug-likeness (QED) is 0.237. The lowest BCUT2D eigenvalue weighted by atomic mass is 9.82. The van der Waals surface area contributed by atoms with Gasteiger partial charge in [0, 0.05) is 26.2 Å². The van der Waals surface area contributed by atoms with Crippen LogP contribution in [0.3, 0.4) is 0 Å². The topological polar surface area (TPSA) is 13.1 Å². The van der Waals surface area contributed by atoms with Gasteiger partial charge in [-0.25, -0.2) is 0 Å². The van der Waals surface area contributed by atoms with Crippen molar-refractivity contribution in [1.29, 1.82) is 0 Å². The van der Waals surface area contributed by atoms with Gasteiger partial charge in [-0.3, -0.25) is 0 Å². The lowest BCUT2D eigenvalue weighted by Gasteiger charge is -2.21. The van der Waals surface area contributed by atoms with E-state index in [-0.39, 0.29) is 5.41 Å². The predicted molar refractivity (Wildman–Crippen MR) is 112 cm³/mol. The molecule has 4 aromatic rings. The van der Waals surface area contributed by atoms with Crippen LogP contribution in [0.5, 0.6) is 0 Å². The fourth-order valence-electron chi connectivity index (χ4n) is 4.04. The van der Waals surface area contributed by atoms with Gasteiger partial charge in [0.05, 0.1) is 3.57 Å². The molecule has 0 unspecified atom stereocenters. The first kappa shape index (κ1) is 15.0. The molecule has 0 N–H and O–H groups in total. The Hall–Kier alpha value is -1.33. The van der Waals surface area contributed by atoms with Gasteiger partial charge in [0.25, 0.3) is 0 Å². The van der Waals surface area contributed by atoms with Crippen molar-refractivity contribution in [1.82, 2.24) is 0 Å². The van der Waals surface area contributed by atoms with Crippen LogP contribution in [0.4, 0.5) is 0 Å². The maximum absolute atomic E-state index is 6.42. The summed E-state index contributed by atoms with van der Waals surface area (Å²) in [6.45, 7) is 4.59. The molecule has 24 heavy (non-hydrogen) atoms. The monoisotopic (exact) mass is 488 g/mol. The summed E-state index contributed by atoms with van der Waals surface area (Å²) in [5.41, 5.74) is 7.20. The van der Waals surface area contributed by atoms with Crippen molar-refractivity contribution in [2.45, 2.75) is 19.3 Å². The highest BCUT2D eigenvalue weighted by molar-refractivity contribution is 14.1. The summed E-state index contributed by atoms with van der Waals surface area (Å²) in [5.74, 6) is 0. The van der Waals surface area contributed by atoms with Gasteiger partial charge < -0.3 is 4.42 Å². The van der Waals surface area contributed by atoms with E-state index in [1.165, 1.54) is 33.0 Å². The lowest BCUT2D eigenvalue weighted by molar-refractivity contribution is 0.652. The second kappa shape index (κ2) is 4.85. The number of benzene rings is 3. The molecule has 0 spiro atoms. The summed E-state index contributed by atoms with van der Waals surface area (Å²) in [6.07, 6.45) is 0. The molecule has 0 bridgehead atoms. The molecule has 0 radical (unpaired) electrons. The Bertz CT molecular complexity index is 1150. The molecular weight excluding hydrogens is 475 g/mol. The molecule has 1 aliphatic rings. The van der Waals surface area contributed by atoms with Crippen molar-refractivity contribution in [2.75, 3.05) is 0 Å². The number of furan rings is 1. The highest BCUT2D eigenvalue weighted by Gasteiger charge is 2.38. The Morgan fingerprint density at radius 2 is 1.75 bits per heavy atom. The second-order valence-corrected chi connectivity index (χ2v) is 8.89. The van der Waals surface area contributed by atoms with E-state index in [1.807, 2.05) is 0 Å². The third-order valence-electron chi connectivity index (χ3n) is 5.22. The van der Waals surface area contributed by atoms with E-state index in [0.717, 1.165) is 19.2 Å². The van der Waals surface area contributed by atoms with Crippen LogP contribution in [0.25, 0.3) is 33.1 Å².